The molecule has 1 fully saturated rings. The average molecular weight is 282 g/mol. The van der Waals surface area contributed by atoms with Gasteiger partial charge in [-0.2, -0.15) is 0 Å². The summed E-state index contributed by atoms with van der Waals surface area (Å²) >= 11 is 5.88. The molecule has 104 valence electrons. The van der Waals surface area contributed by atoms with Crippen molar-refractivity contribution in [1.29, 1.82) is 0 Å². The standard InChI is InChI=1S/C14H20ClN3O/c1-10-7-12(16)5-6-18(10)9-14(19)17-13-4-2-3-11(15)8-13/h2-4,8,10,12H,5-7,9,16H2,1H3,(H,17,19). The summed E-state index contributed by atoms with van der Waals surface area (Å²) in [7, 11) is 0. The van der Waals surface area contributed by atoms with Crippen molar-refractivity contribution in [3.8, 4) is 0 Å². The lowest BCUT2D eigenvalue weighted by molar-refractivity contribution is -0.118. The molecule has 0 aliphatic carbocycles. The van der Waals surface area contributed by atoms with Gasteiger partial charge in [-0.25, -0.2) is 0 Å². The van der Waals surface area contributed by atoms with E-state index in [0.29, 0.717) is 17.6 Å². The summed E-state index contributed by atoms with van der Waals surface area (Å²) in [4.78, 5) is 14.2. The summed E-state index contributed by atoms with van der Waals surface area (Å²) < 4.78 is 0. The van der Waals surface area contributed by atoms with Gasteiger partial charge in [0.25, 0.3) is 0 Å². The number of benzene rings is 1. The fourth-order valence-corrected chi connectivity index (χ4v) is 2.63. The van der Waals surface area contributed by atoms with Gasteiger partial charge in [0.15, 0.2) is 0 Å². The van der Waals surface area contributed by atoms with E-state index in [1.54, 1.807) is 12.1 Å². The molecule has 0 saturated carbocycles. The molecule has 1 amide bonds. The van der Waals surface area contributed by atoms with Crippen molar-refractivity contribution in [2.24, 2.45) is 5.73 Å². The second kappa shape index (κ2) is 6.37. The van der Waals surface area contributed by atoms with Crippen LogP contribution in [0.5, 0.6) is 0 Å². The van der Waals surface area contributed by atoms with Gasteiger partial charge >= 0.3 is 0 Å². The number of nitrogens with zero attached hydrogens (tertiary/aromatic N) is 1. The van der Waals surface area contributed by atoms with Crippen LogP contribution >= 0.6 is 11.6 Å². The Bertz CT molecular complexity index is 452. The fraction of sp³-hybridized carbons (Fsp3) is 0.500. The van der Waals surface area contributed by atoms with Crippen molar-refractivity contribution in [3.05, 3.63) is 29.3 Å². The van der Waals surface area contributed by atoms with Gasteiger partial charge in [0, 0.05) is 29.3 Å². The van der Waals surface area contributed by atoms with Gasteiger partial charge in [-0.3, -0.25) is 9.69 Å². The summed E-state index contributed by atoms with van der Waals surface area (Å²) in [5.74, 6) is -0.00964. The highest BCUT2D eigenvalue weighted by molar-refractivity contribution is 6.30. The second-order valence-electron chi connectivity index (χ2n) is 5.16. The van der Waals surface area contributed by atoms with Crippen LogP contribution in [0, 0.1) is 0 Å². The maximum Gasteiger partial charge on any atom is 0.238 e. The van der Waals surface area contributed by atoms with Crippen molar-refractivity contribution < 1.29 is 4.79 Å². The molecule has 1 saturated heterocycles. The maximum atomic E-state index is 12.0. The van der Waals surface area contributed by atoms with E-state index in [0.717, 1.165) is 25.1 Å². The molecule has 2 atom stereocenters. The Hall–Kier alpha value is -1.10. The highest BCUT2D eigenvalue weighted by atomic mass is 35.5. The van der Waals surface area contributed by atoms with Crippen molar-refractivity contribution in [2.75, 3.05) is 18.4 Å². The quantitative estimate of drug-likeness (QED) is 0.892. The molecule has 5 heteroatoms. The first-order valence-corrected chi connectivity index (χ1v) is 6.97. The minimum atomic E-state index is -0.00964. The molecule has 1 heterocycles. The number of rotatable bonds is 3. The molecule has 2 unspecified atom stereocenters. The zero-order chi connectivity index (χ0) is 13.8. The molecule has 4 nitrogen and oxygen atoms in total. The Morgan fingerprint density at radius 2 is 2.37 bits per heavy atom. The number of carbonyl (C=O) groups is 1. The van der Waals surface area contributed by atoms with Crippen LogP contribution in [0.1, 0.15) is 19.8 Å². The highest BCUT2D eigenvalue weighted by Gasteiger charge is 2.24. The Morgan fingerprint density at radius 1 is 1.58 bits per heavy atom. The number of hydrogen-bond acceptors (Lipinski definition) is 3. The van der Waals surface area contributed by atoms with Gasteiger partial charge in [0.2, 0.25) is 5.91 Å². The lowest BCUT2D eigenvalue weighted by Crippen LogP contribution is -2.48. The smallest absolute Gasteiger partial charge is 0.238 e. The molecule has 0 aromatic heterocycles. The predicted octanol–water partition coefficient (Wildman–Crippen LogP) is 2.09. The van der Waals surface area contributed by atoms with E-state index in [1.807, 2.05) is 12.1 Å². The van der Waals surface area contributed by atoms with Crippen molar-refractivity contribution in [2.45, 2.75) is 31.8 Å². The van der Waals surface area contributed by atoms with Crippen molar-refractivity contribution in [3.63, 3.8) is 0 Å². The Kier molecular flexibility index (Phi) is 4.80. The lowest BCUT2D eigenvalue weighted by Gasteiger charge is -2.35. The molecule has 0 spiro atoms. The zero-order valence-electron chi connectivity index (χ0n) is 11.1. The van der Waals surface area contributed by atoms with E-state index < -0.39 is 0 Å². The number of amides is 1. The first kappa shape index (κ1) is 14.3. The molecule has 1 aliphatic heterocycles. The summed E-state index contributed by atoms with van der Waals surface area (Å²) in [6, 6.07) is 7.80. The van der Waals surface area contributed by atoms with Crippen LogP contribution in [0.15, 0.2) is 24.3 Å². The molecule has 2 rings (SSSR count). The Morgan fingerprint density at radius 3 is 3.05 bits per heavy atom. The number of nitrogens with one attached hydrogen (secondary N) is 1. The third kappa shape index (κ3) is 4.20. The van der Waals surface area contributed by atoms with Gasteiger partial charge < -0.3 is 11.1 Å². The van der Waals surface area contributed by atoms with Gasteiger partial charge in [-0.15, -0.1) is 0 Å². The first-order chi connectivity index (χ1) is 9.04. The van der Waals surface area contributed by atoms with Gasteiger partial charge in [0.1, 0.15) is 0 Å². The van der Waals surface area contributed by atoms with Gasteiger partial charge in [-0.05, 0) is 38.0 Å². The number of carbonyl (C=O) groups excluding carboxylic acids is 1. The summed E-state index contributed by atoms with van der Waals surface area (Å²) in [5.41, 5.74) is 6.65. The Balaban J connectivity index is 1.87. The molecule has 1 aliphatic rings. The van der Waals surface area contributed by atoms with E-state index >= 15 is 0 Å². The zero-order valence-corrected chi connectivity index (χ0v) is 11.9. The SMILES string of the molecule is CC1CC(N)CCN1CC(=O)Nc1cccc(Cl)c1. The molecule has 3 N–H and O–H groups in total. The van der Waals surface area contributed by atoms with E-state index in [4.69, 9.17) is 17.3 Å². The second-order valence-corrected chi connectivity index (χ2v) is 5.60. The minimum Gasteiger partial charge on any atom is -0.328 e. The van der Waals surface area contributed by atoms with Crippen molar-refractivity contribution in [1.82, 2.24) is 4.90 Å². The number of anilines is 1. The van der Waals surface area contributed by atoms with Gasteiger partial charge in [-0.1, -0.05) is 17.7 Å². The third-order valence-electron chi connectivity index (χ3n) is 3.51. The molecular weight excluding hydrogens is 262 g/mol. The monoisotopic (exact) mass is 281 g/mol. The average Bonchev–Trinajstić information content (AvgIpc) is 2.33. The largest absolute Gasteiger partial charge is 0.328 e. The summed E-state index contributed by atoms with van der Waals surface area (Å²) in [5, 5.41) is 3.49. The van der Waals surface area contributed by atoms with Crippen LogP contribution < -0.4 is 11.1 Å². The molecule has 1 aromatic carbocycles. The van der Waals surface area contributed by atoms with Crippen molar-refractivity contribution >= 4 is 23.2 Å². The van der Waals surface area contributed by atoms with E-state index in [2.05, 4.69) is 17.1 Å². The predicted molar refractivity (Wildman–Crippen MR) is 78.3 cm³/mol. The molecule has 19 heavy (non-hydrogen) atoms. The van der Waals surface area contributed by atoms with Crippen LogP contribution in [0.25, 0.3) is 0 Å². The van der Waals surface area contributed by atoms with Crippen LogP contribution in [-0.4, -0.2) is 36.0 Å². The van der Waals surface area contributed by atoms with Crippen LogP contribution in [0.4, 0.5) is 5.69 Å². The summed E-state index contributed by atoms with van der Waals surface area (Å²) in [6.07, 6.45) is 1.90. The molecule has 0 radical (unpaired) electrons. The van der Waals surface area contributed by atoms with E-state index in [-0.39, 0.29) is 11.9 Å². The number of nitrogens with two attached hydrogens (primary N) is 1. The molecule has 0 bridgehead atoms. The van der Waals surface area contributed by atoms with Crippen LogP contribution in [0.2, 0.25) is 5.02 Å². The van der Waals surface area contributed by atoms with E-state index in [9.17, 15) is 4.79 Å². The first-order valence-electron chi connectivity index (χ1n) is 6.59. The lowest BCUT2D eigenvalue weighted by atomic mass is 9.99. The molecule has 1 aromatic rings. The number of likely N-dealkylation sites (tertiary alicyclic amines) is 1. The third-order valence-corrected chi connectivity index (χ3v) is 3.74. The number of piperidine rings is 1. The minimum absolute atomic E-state index is 0.00964. The number of hydrogen-bond donors (Lipinski definition) is 2. The van der Waals surface area contributed by atoms with Gasteiger partial charge in [0.05, 0.1) is 6.54 Å². The maximum absolute atomic E-state index is 12.0. The van der Waals surface area contributed by atoms with E-state index in [1.165, 1.54) is 0 Å². The van der Waals surface area contributed by atoms with Crippen LogP contribution in [-0.2, 0) is 4.79 Å². The number of halogens is 1. The summed E-state index contributed by atoms with van der Waals surface area (Å²) in [6.45, 7) is 3.40. The fourth-order valence-electron chi connectivity index (χ4n) is 2.44. The normalized spacial score (nSPS) is 24.2. The Labute approximate surface area is 118 Å². The highest BCUT2D eigenvalue weighted by Crippen LogP contribution is 2.17. The molecular formula is C14H20ClN3O. The van der Waals surface area contributed by atoms with Crippen LogP contribution in [0.3, 0.4) is 0 Å². The topological polar surface area (TPSA) is 58.4 Å².